The first-order valence-corrected chi connectivity index (χ1v) is 4.59. The van der Waals surface area contributed by atoms with Gasteiger partial charge >= 0.3 is 0 Å². The maximum Gasteiger partial charge on any atom is 0.203 e. The smallest absolute Gasteiger partial charge is 0.203 e. The second-order valence-corrected chi connectivity index (χ2v) is 4.95. The lowest BCUT2D eigenvalue weighted by Gasteiger charge is -2.14. The summed E-state index contributed by atoms with van der Waals surface area (Å²) in [5, 5.41) is 0. The van der Waals surface area contributed by atoms with Gasteiger partial charge in [-0.25, -0.2) is 9.97 Å². The van der Waals surface area contributed by atoms with Crippen LogP contribution in [0.4, 0.5) is 0 Å². The fraction of sp³-hybridized carbons (Fsp3) is 0.500. The Morgan fingerprint density at radius 3 is 2.38 bits per heavy atom. The second-order valence-electron chi connectivity index (χ2n) is 3.42. The first-order chi connectivity index (χ1) is 6.08. The summed E-state index contributed by atoms with van der Waals surface area (Å²) in [5.41, 5.74) is 0. The van der Waals surface area contributed by atoms with Gasteiger partial charge in [-0.3, -0.25) is 0 Å². The lowest BCUT2D eigenvalue weighted by atomic mass is 10.3. The van der Waals surface area contributed by atoms with Gasteiger partial charge in [0, 0.05) is 4.75 Å². The largest absolute Gasteiger partial charge is 0.322 e. The SMILES string of the molecule is CC(C)(C)SOOc1cncnc1. The molecule has 13 heavy (non-hydrogen) atoms. The summed E-state index contributed by atoms with van der Waals surface area (Å²) in [6, 6.07) is 0. The standard InChI is InChI=1S/C8H12N2O2S/c1-8(2,3)13-12-11-7-4-9-6-10-5-7/h4-6H,1-3H3. The zero-order chi connectivity index (χ0) is 9.73. The van der Waals surface area contributed by atoms with E-state index in [-0.39, 0.29) is 4.75 Å². The molecule has 1 aromatic rings. The number of hydrogen-bond donors (Lipinski definition) is 0. The molecule has 1 rings (SSSR count). The van der Waals surface area contributed by atoms with Crippen LogP contribution in [0.5, 0.6) is 5.75 Å². The van der Waals surface area contributed by atoms with Crippen LogP contribution in [0.1, 0.15) is 20.8 Å². The van der Waals surface area contributed by atoms with Crippen molar-refractivity contribution in [2.24, 2.45) is 0 Å². The average molecular weight is 200 g/mol. The topological polar surface area (TPSA) is 44.2 Å². The van der Waals surface area contributed by atoms with Gasteiger partial charge in [0.15, 0.2) is 0 Å². The molecule has 0 bridgehead atoms. The Bertz CT molecular complexity index is 248. The highest BCUT2D eigenvalue weighted by atomic mass is 32.2. The molecule has 0 aliphatic rings. The predicted octanol–water partition coefficient (Wildman–Crippen LogP) is 2.23. The third-order valence-electron chi connectivity index (χ3n) is 0.951. The number of hydrogen-bond acceptors (Lipinski definition) is 5. The normalized spacial score (nSPS) is 11.3. The Balaban J connectivity index is 2.29. The van der Waals surface area contributed by atoms with Crippen molar-refractivity contribution in [2.45, 2.75) is 25.5 Å². The van der Waals surface area contributed by atoms with E-state index >= 15 is 0 Å². The summed E-state index contributed by atoms with van der Waals surface area (Å²) >= 11 is 1.25. The number of nitrogens with zero attached hydrogens (tertiary/aromatic N) is 2. The van der Waals surface area contributed by atoms with Gasteiger partial charge in [-0.1, -0.05) is 0 Å². The van der Waals surface area contributed by atoms with Crippen LogP contribution < -0.4 is 4.89 Å². The van der Waals surface area contributed by atoms with Crippen LogP contribution in [-0.2, 0) is 4.33 Å². The van der Waals surface area contributed by atoms with Crippen LogP contribution in [0.3, 0.4) is 0 Å². The quantitative estimate of drug-likeness (QED) is 0.425. The maximum absolute atomic E-state index is 4.92. The summed E-state index contributed by atoms with van der Waals surface area (Å²) in [7, 11) is 0. The van der Waals surface area contributed by atoms with Crippen LogP contribution in [0.15, 0.2) is 18.7 Å². The minimum absolute atomic E-state index is 0.00956. The third kappa shape index (κ3) is 4.69. The van der Waals surface area contributed by atoms with E-state index in [1.54, 1.807) is 0 Å². The van der Waals surface area contributed by atoms with E-state index in [4.69, 9.17) is 9.22 Å². The van der Waals surface area contributed by atoms with E-state index in [1.807, 2.05) is 20.8 Å². The van der Waals surface area contributed by atoms with E-state index in [2.05, 4.69) is 9.97 Å². The average Bonchev–Trinajstić information content (AvgIpc) is 2.04. The van der Waals surface area contributed by atoms with Gasteiger partial charge in [0.1, 0.15) is 6.33 Å². The maximum atomic E-state index is 4.92. The van der Waals surface area contributed by atoms with Gasteiger partial charge in [-0.2, -0.15) is 0 Å². The monoisotopic (exact) mass is 200 g/mol. The van der Waals surface area contributed by atoms with Crippen LogP contribution >= 0.6 is 12.0 Å². The second kappa shape index (κ2) is 4.43. The Kier molecular flexibility index (Phi) is 3.50. The van der Waals surface area contributed by atoms with Gasteiger partial charge < -0.3 is 4.89 Å². The van der Waals surface area contributed by atoms with Gasteiger partial charge in [0.2, 0.25) is 5.75 Å². The molecule has 0 saturated heterocycles. The highest BCUT2D eigenvalue weighted by Gasteiger charge is 2.12. The van der Waals surface area contributed by atoms with Crippen molar-refractivity contribution >= 4 is 12.0 Å². The Morgan fingerprint density at radius 2 is 1.85 bits per heavy atom. The molecule has 0 spiro atoms. The lowest BCUT2D eigenvalue weighted by molar-refractivity contribution is -0.0800. The van der Waals surface area contributed by atoms with Gasteiger partial charge in [-0.15, -0.1) is 4.33 Å². The summed E-state index contributed by atoms with van der Waals surface area (Å²) in [6.07, 6.45) is 4.51. The molecule has 1 heterocycles. The Hall–Kier alpha value is -0.810. The molecule has 1 aromatic heterocycles. The minimum atomic E-state index is 0.00956. The summed E-state index contributed by atoms with van der Waals surface area (Å²) in [6.45, 7) is 6.09. The fourth-order valence-corrected chi connectivity index (χ4v) is 0.804. The molecule has 72 valence electrons. The molecule has 0 aromatic carbocycles. The summed E-state index contributed by atoms with van der Waals surface area (Å²) in [4.78, 5) is 12.5. The van der Waals surface area contributed by atoms with Crippen LogP contribution in [-0.4, -0.2) is 14.7 Å². The van der Waals surface area contributed by atoms with Crippen LogP contribution in [0.25, 0.3) is 0 Å². The fourth-order valence-electron chi connectivity index (χ4n) is 0.487. The Labute approximate surface area is 81.8 Å². The molecular weight excluding hydrogens is 188 g/mol. The molecule has 0 amide bonds. The van der Waals surface area contributed by atoms with E-state index in [0.29, 0.717) is 5.75 Å². The van der Waals surface area contributed by atoms with Gasteiger partial charge in [-0.05, 0) is 20.8 Å². The summed E-state index contributed by atoms with van der Waals surface area (Å²) < 4.78 is 4.93. The zero-order valence-corrected chi connectivity index (χ0v) is 8.67. The molecule has 0 fully saturated rings. The first-order valence-electron chi connectivity index (χ1n) is 3.85. The molecule has 0 atom stereocenters. The molecule has 0 N–H and O–H groups in total. The summed E-state index contributed by atoms with van der Waals surface area (Å²) in [5.74, 6) is 0.499. The molecule has 0 radical (unpaired) electrons. The molecule has 0 saturated carbocycles. The minimum Gasteiger partial charge on any atom is -0.322 e. The number of rotatable bonds is 3. The first kappa shape index (κ1) is 10.3. The molecular formula is C8H12N2O2S. The molecule has 0 unspecified atom stereocenters. The molecule has 5 heteroatoms. The predicted molar refractivity (Wildman–Crippen MR) is 51.1 cm³/mol. The van der Waals surface area contributed by atoms with Crippen molar-refractivity contribution in [3.63, 3.8) is 0 Å². The van der Waals surface area contributed by atoms with Gasteiger partial charge in [0.25, 0.3) is 0 Å². The number of aromatic nitrogens is 2. The third-order valence-corrected chi connectivity index (χ3v) is 1.59. The van der Waals surface area contributed by atoms with E-state index in [0.717, 1.165) is 0 Å². The Morgan fingerprint density at radius 1 is 1.23 bits per heavy atom. The van der Waals surface area contributed by atoms with Crippen molar-refractivity contribution in [2.75, 3.05) is 0 Å². The van der Waals surface area contributed by atoms with Crippen molar-refractivity contribution in [1.82, 2.24) is 9.97 Å². The molecule has 0 aliphatic carbocycles. The highest BCUT2D eigenvalue weighted by molar-refractivity contribution is 7.95. The van der Waals surface area contributed by atoms with E-state index in [9.17, 15) is 0 Å². The van der Waals surface area contributed by atoms with Gasteiger partial charge in [0.05, 0.1) is 24.4 Å². The van der Waals surface area contributed by atoms with Crippen molar-refractivity contribution in [3.05, 3.63) is 18.7 Å². The van der Waals surface area contributed by atoms with Crippen LogP contribution in [0.2, 0.25) is 0 Å². The highest BCUT2D eigenvalue weighted by Crippen LogP contribution is 2.24. The van der Waals surface area contributed by atoms with Crippen molar-refractivity contribution < 1.29 is 9.22 Å². The molecule has 4 nitrogen and oxygen atoms in total. The molecule has 0 aliphatic heterocycles. The zero-order valence-electron chi connectivity index (χ0n) is 7.85. The van der Waals surface area contributed by atoms with E-state index in [1.165, 1.54) is 30.8 Å². The van der Waals surface area contributed by atoms with Crippen molar-refractivity contribution in [3.8, 4) is 5.75 Å². The van der Waals surface area contributed by atoms with Crippen molar-refractivity contribution in [1.29, 1.82) is 0 Å². The van der Waals surface area contributed by atoms with Crippen LogP contribution in [0, 0.1) is 0 Å². The van der Waals surface area contributed by atoms with E-state index < -0.39 is 0 Å². The lowest BCUT2D eigenvalue weighted by Crippen LogP contribution is -2.09.